The fourth-order valence-corrected chi connectivity index (χ4v) is 2.32. The molecule has 0 saturated carbocycles. The van der Waals surface area contributed by atoms with Crippen LogP contribution >= 0.6 is 15.9 Å². The maximum Gasteiger partial charge on any atom is 0.567 e. The highest BCUT2D eigenvalue weighted by Crippen LogP contribution is 2.14. The monoisotopic (exact) mass is 359 g/mol. The second-order valence-corrected chi connectivity index (χ2v) is 5.46. The van der Waals surface area contributed by atoms with Gasteiger partial charge in [-0.25, -0.2) is 4.39 Å². The van der Waals surface area contributed by atoms with Gasteiger partial charge in [0.1, 0.15) is 12.1 Å². The zero-order valence-corrected chi connectivity index (χ0v) is 13.6. The Balaban J connectivity index is 2.84. The Bertz CT molecular complexity index is 529. The maximum atomic E-state index is 14.1. The van der Waals surface area contributed by atoms with Crippen LogP contribution in [0.15, 0.2) is 16.6 Å². The molecular formula is C13H16BBrFNO4. The summed E-state index contributed by atoms with van der Waals surface area (Å²) in [5.74, 6) is -1.10. The number of aldehydes is 1. The van der Waals surface area contributed by atoms with Crippen LogP contribution in [0.5, 0.6) is 0 Å². The van der Waals surface area contributed by atoms with Gasteiger partial charge in [0.25, 0.3) is 0 Å². The quantitative estimate of drug-likeness (QED) is 0.535. The van der Waals surface area contributed by atoms with Crippen molar-refractivity contribution in [1.82, 2.24) is 4.90 Å². The largest absolute Gasteiger partial charge is 0.567 e. The minimum absolute atomic E-state index is 0.0901. The van der Waals surface area contributed by atoms with Crippen molar-refractivity contribution in [3.63, 3.8) is 0 Å². The van der Waals surface area contributed by atoms with E-state index in [0.29, 0.717) is 16.3 Å². The van der Waals surface area contributed by atoms with Gasteiger partial charge in [-0.3, -0.25) is 9.69 Å². The van der Waals surface area contributed by atoms with Crippen molar-refractivity contribution in [2.24, 2.45) is 0 Å². The Morgan fingerprint density at radius 1 is 1.52 bits per heavy atom. The molecule has 0 aliphatic rings. The van der Waals surface area contributed by atoms with Crippen LogP contribution in [0.2, 0.25) is 0 Å². The third kappa shape index (κ3) is 5.22. The summed E-state index contributed by atoms with van der Waals surface area (Å²) >= 11 is 3.26. The molecule has 0 radical (unpaired) electrons. The van der Waals surface area contributed by atoms with Gasteiger partial charge < -0.3 is 14.1 Å². The molecule has 0 spiro atoms. The van der Waals surface area contributed by atoms with Gasteiger partial charge in [-0.1, -0.05) is 15.9 Å². The number of hydrogen-bond donors (Lipinski definition) is 0. The molecule has 0 aliphatic carbocycles. The number of benzene rings is 1. The van der Waals surface area contributed by atoms with Gasteiger partial charge in [-0.05, 0) is 31.7 Å². The van der Waals surface area contributed by atoms with E-state index in [1.54, 1.807) is 20.0 Å². The van der Waals surface area contributed by atoms with Crippen LogP contribution in [-0.2, 0) is 18.9 Å². The molecule has 1 aromatic carbocycles. The van der Waals surface area contributed by atoms with Crippen LogP contribution in [-0.4, -0.2) is 51.5 Å². The van der Waals surface area contributed by atoms with Gasteiger partial charge >= 0.3 is 13.1 Å². The molecule has 0 bridgehead atoms. The lowest BCUT2D eigenvalue weighted by atomic mass is 9.77. The van der Waals surface area contributed by atoms with Gasteiger partial charge in [0.15, 0.2) is 0 Å². The average Bonchev–Trinajstić information content (AvgIpc) is 2.40. The van der Waals surface area contributed by atoms with Crippen molar-refractivity contribution >= 4 is 40.8 Å². The maximum absolute atomic E-state index is 14.1. The third-order valence-corrected chi connectivity index (χ3v) is 3.20. The smallest absolute Gasteiger partial charge is 0.505 e. The fourth-order valence-electron chi connectivity index (χ4n) is 1.73. The van der Waals surface area contributed by atoms with E-state index in [1.807, 2.05) is 0 Å². The molecular weight excluding hydrogens is 344 g/mol. The first-order valence-electron chi connectivity index (χ1n) is 6.19. The van der Waals surface area contributed by atoms with E-state index in [-0.39, 0.29) is 18.6 Å². The molecule has 0 unspecified atom stereocenters. The summed E-state index contributed by atoms with van der Waals surface area (Å²) in [5.41, 5.74) is 0.548. The van der Waals surface area contributed by atoms with E-state index in [0.717, 1.165) is 0 Å². The van der Waals surface area contributed by atoms with Crippen molar-refractivity contribution in [3.05, 3.63) is 28.0 Å². The van der Waals surface area contributed by atoms with Gasteiger partial charge in [0.05, 0.1) is 13.1 Å². The summed E-state index contributed by atoms with van der Waals surface area (Å²) in [5, 5.41) is 0. The molecule has 5 nitrogen and oxygen atoms in total. The highest BCUT2D eigenvalue weighted by atomic mass is 79.9. The summed E-state index contributed by atoms with van der Waals surface area (Å²) < 4.78 is 24.9. The lowest BCUT2D eigenvalue weighted by molar-refractivity contribution is -0.136. The Morgan fingerprint density at radius 2 is 2.19 bits per heavy atom. The number of halogens is 2. The van der Waals surface area contributed by atoms with Crippen LogP contribution < -0.4 is 5.46 Å². The summed E-state index contributed by atoms with van der Waals surface area (Å²) in [6, 6.07) is 3.12. The van der Waals surface area contributed by atoms with Gasteiger partial charge in [-0.2, -0.15) is 0 Å². The third-order valence-electron chi connectivity index (χ3n) is 2.74. The molecule has 0 aliphatic heterocycles. The van der Waals surface area contributed by atoms with Crippen LogP contribution in [0.25, 0.3) is 0 Å². The van der Waals surface area contributed by atoms with Gasteiger partial charge in [0, 0.05) is 17.0 Å². The van der Waals surface area contributed by atoms with Crippen molar-refractivity contribution in [2.75, 3.05) is 27.2 Å². The normalized spacial score (nSPS) is 10.6. The molecule has 0 fully saturated rings. The SMILES string of the molecule is COB(OC(=O)CN(C)CC=O)c1cc(Br)cc(C)c1F. The topological polar surface area (TPSA) is 55.8 Å². The molecule has 0 heterocycles. The van der Waals surface area contributed by atoms with E-state index in [1.165, 1.54) is 18.1 Å². The Hall–Kier alpha value is -1.25. The number of aryl methyl sites for hydroxylation is 1. The van der Waals surface area contributed by atoms with Crippen LogP contribution in [0.4, 0.5) is 4.39 Å². The highest BCUT2D eigenvalue weighted by Gasteiger charge is 2.29. The van der Waals surface area contributed by atoms with E-state index < -0.39 is 18.9 Å². The second-order valence-electron chi connectivity index (χ2n) is 4.55. The number of carbonyl (C=O) groups excluding carboxylic acids is 2. The molecule has 0 amide bonds. The lowest BCUT2D eigenvalue weighted by Crippen LogP contribution is -2.42. The molecule has 0 atom stereocenters. The molecule has 8 heteroatoms. The van der Waals surface area contributed by atoms with Crippen molar-refractivity contribution in [3.8, 4) is 0 Å². The first-order chi connectivity index (χ1) is 9.88. The molecule has 0 aromatic heterocycles. The Morgan fingerprint density at radius 3 is 2.76 bits per heavy atom. The van der Waals surface area contributed by atoms with E-state index in [2.05, 4.69) is 15.9 Å². The number of nitrogens with zero attached hydrogens (tertiary/aromatic N) is 1. The van der Waals surface area contributed by atoms with Crippen molar-refractivity contribution in [1.29, 1.82) is 0 Å². The minimum Gasteiger partial charge on any atom is -0.505 e. The molecule has 21 heavy (non-hydrogen) atoms. The van der Waals surface area contributed by atoms with Crippen LogP contribution in [0.1, 0.15) is 5.56 Å². The van der Waals surface area contributed by atoms with Crippen LogP contribution in [0.3, 0.4) is 0 Å². The Labute approximate surface area is 131 Å². The molecule has 1 aromatic rings. The lowest BCUT2D eigenvalue weighted by Gasteiger charge is -2.17. The van der Waals surface area contributed by atoms with Crippen molar-refractivity contribution in [2.45, 2.75) is 6.92 Å². The van der Waals surface area contributed by atoms with E-state index in [9.17, 15) is 14.0 Å². The average molecular weight is 360 g/mol. The number of hydrogen-bond acceptors (Lipinski definition) is 5. The zero-order valence-electron chi connectivity index (χ0n) is 12.1. The number of carbonyl (C=O) groups is 2. The van der Waals surface area contributed by atoms with E-state index >= 15 is 0 Å². The molecule has 0 N–H and O–H groups in total. The molecule has 114 valence electrons. The summed E-state index contributed by atoms with van der Waals surface area (Å²) in [4.78, 5) is 23.6. The Kier molecular flexibility index (Phi) is 7.00. The van der Waals surface area contributed by atoms with Gasteiger partial charge in [-0.15, -0.1) is 0 Å². The summed E-state index contributed by atoms with van der Waals surface area (Å²) in [6.45, 7) is 1.63. The molecule has 0 saturated heterocycles. The zero-order chi connectivity index (χ0) is 16.0. The van der Waals surface area contributed by atoms with E-state index in [4.69, 9.17) is 9.31 Å². The predicted molar refractivity (Wildman–Crippen MR) is 80.9 cm³/mol. The second kappa shape index (κ2) is 8.26. The fraction of sp³-hybridized carbons (Fsp3) is 0.385. The molecule has 1 rings (SSSR count). The van der Waals surface area contributed by atoms with Crippen molar-refractivity contribution < 1.29 is 23.3 Å². The summed E-state index contributed by atoms with van der Waals surface area (Å²) in [6.07, 6.45) is 0.679. The number of rotatable bonds is 7. The standard InChI is InChI=1S/C13H16BBrFNO4/c1-9-6-10(15)7-11(13(9)16)14(20-3)21-12(19)8-17(2)4-5-18/h5-7H,4,8H2,1-3H3. The first kappa shape index (κ1) is 17.8. The van der Waals surface area contributed by atoms with Gasteiger partial charge in [0.2, 0.25) is 0 Å². The summed E-state index contributed by atoms with van der Waals surface area (Å²) in [7, 11) is 1.78. The van der Waals surface area contributed by atoms with Crippen LogP contribution in [0, 0.1) is 12.7 Å². The predicted octanol–water partition coefficient (Wildman–Crippen LogP) is 0.912. The number of likely N-dealkylation sites (N-methyl/N-ethyl adjacent to an activating group) is 1. The highest BCUT2D eigenvalue weighted by molar-refractivity contribution is 9.10. The minimum atomic E-state index is -1.14. The first-order valence-corrected chi connectivity index (χ1v) is 6.98.